The fourth-order valence-electron chi connectivity index (χ4n) is 2.29. The number of para-hydroxylation sites is 1. The number of hydrogen-bond donors (Lipinski definition) is 4. The first-order valence-corrected chi connectivity index (χ1v) is 9.74. The fourth-order valence-corrected chi connectivity index (χ4v) is 3.28. The molecule has 9 heteroatoms. The third-order valence-corrected chi connectivity index (χ3v) is 5.26. The van der Waals surface area contributed by atoms with Crippen molar-refractivity contribution in [3.63, 3.8) is 0 Å². The molecule has 2 rings (SSSR count). The number of benzene rings is 2. The molecule has 0 unspecified atom stereocenters. The number of urea groups is 1. The van der Waals surface area contributed by atoms with Crippen molar-refractivity contribution in [2.45, 2.75) is 18.2 Å². The fraction of sp³-hybridized carbons (Fsp3) is 0.222. The molecule has 27 heavy (non-hydrogen) atoms. The van der Waals surface area contributed by atoms with Crippen LogP contribution in [0.1, 0.15) is 12.0 Å². The molecule has 0 bridgehead atoms. The summed E-state index contributed by atoms with van der Waals surface area (Å²) in [6.07, 6.45) is 0.0458. The minimum Gasteiger partial charge on any atom is -0.337 e. The predicted molar refractivity (Wildman–Crippen MR) is 104 cm³/mol. The lowest BCUT2D eigenvalue weighted by molar-refractivity contribution is -0.116. The highest BCUT2D eigenvalue weighted by atomic mass is 32.2. The highest BCUT2D eigenvalue weighted by molar-refractivity contribution is 7.89. The average Bonchev–Trinajstić information content (AvgIpc) is 2.64. The third-order valence-electron chi connectivity index (χ3n) is 3.70. The molecule has 3 amide bonds. The molecule has 0 heterocycles. The van der Waals surface area contributed by atoms with E-state index in [-0.39, 0.29) is 23.8 Å². The number of amides is 3. The van der Waals surface area contributed by atoms with Crippen LogP contribution in [0.4, 0.5) is 16.2 Å². The minimum atomic E-state index is -3.61. The molecular weight excluding hydrogens is 368 g/mol. The summed E-state index contributed by atoms with van der Waals surface area (Å²) in [5, 5.41) is 7.86. The van der Waals surface area contributed by atoms with Crippen LogP contribution in [-0.4, -0.2) is 33.9 Å². The lowest BCUT2D eigenvalue weighted by atomic mass is 10.2. The number of sulfonamides is 1. The van der Waals surface area contributed by atoms with E-state index in [2.05, 4.69) is 20.7 Å². The van der Waals surface area contributed by atoms with Crippen LogP contribution in [0.5, 0.6) is 0 Å². The molecule has 0 aliphatic carbocycles. The third kappa shape index (κ3) is 6.08. The second kappa shape index (κ2) is 9.15. The van der Waals surface area contributed by atoms with Crippen molar-refractivity contribution in [3.8, 4) is 0 Å². The number of carbonyl (C=O) groups is 2. The van der Waals surface area contributed by atoms with Crippen molar-refractivity contribution in [1.82, 2.24) is 10.0 Å². The van der Waals surface area contributed by atoms with Gasteiger partial charge in [0, 0.05) is 24.3 Å². The highest BCUT2D eigenvalue weighted by Crippen LogP contribution is 2.20. The molecule has 0 aliphatic rings. The Balaban J connectivity index is 1.85. The Kier molecular flexibility index (Phi) is 6.91. The lowest BCUT2D eigenvalue weighted by Crippen LogP contribution is -2.31. The molecular formula is C18H22N4O4S. The van der Waals surface area contributed by atoms with Crippen LogP contribution in [0.25, 0.3) is 0 Å². The van der Waals surface area contributed by atoms with Crippen molar-refractivity contribution in [2.75, 3.05) is 24.2 Å². The monoisotopic (exact) mass is 390 g/mol. The maximum absolute atomic E-state index is 12.0. The van der Waals surface area contributed by atoms with Crippen LogP contribution in [0, 0.1) is 6.92 Å². The summed E-state index contributed by atoms with van der Waals surface area (Å²) in [6.45, 7) is 1.81. The van der Waals surface area contributed by atoms with Crippen LogP contribution >= 0.6 is 0 Å². The number of carbonyl (C=O) groups excluding carboxylic acids is 2. The van der Waals surface area contributed by atoms with E-state index in [4.69, 9.17) is 0 Å². The Hall–Kier alpha value is -2.91. The first kappa shape index (κ1) is 20.4. The predicted octanol–water partition coefficient (Wildman–Crippen LogP) is 2.05. The Morgan fingerprint density at radius 1 is 0.963 bits per heavy atom. The Morgan fingerprint density at radius 2 is 1.67 bits per heavy atom. The number of hydrogen-bond acceptors (Lipinski definition) is 4. The van der Waals surface area contributed by atoms with Crippen molar-refractivity contribution in [1.29, 1.82) is 0 Å². The van der Waals surface area contributed by atoms with Gasteiger partial charge in [0.25, 0.3) is 0 Å². The maximum atomic E-state index is 12.0. The van der Waals surface area contributed by atoms with Crippen molar-refractivity contribution in [3.05, 3.63) is 54.1 Å². The number of nitrogens with one attached hydrogen (secondary N) is 4. The highest BCUT2D eigenvalue weighted by Gasteiger charge is 2.15. The van der Waals surface area contributed by atoms with Gasteiger partial charge < -0.3 is 16.0 Å². The molecule has 2 aromatic rings. The van der Waals surface area contributed by atoms with Crippen LogP contribution < -0.4 is 20.7 Å². The first-order chi connectivity index (χ1) is 12.8. The van der Waals surface area contributed by atoms with Crippen molar-refractivity contribution in [2.24, 2.45) is 0 Å². The molecule has 0 radical (unpaired) electrons. The number of aryl methyl sites for hydroxylation is 1. The van der Waals surface area contributed by atoms with E-state index in [0.717, 1.165) is 0 Å². The van der Waals surface area contributed by atoms with Gasteiger partial charge in [0.1, 0.15) is 0 Å². The molecule has 144 valence electrons. The van der Waals surface area contributed by atoms with Gasteiger partial charge >= 0.3 is 6.03 Å². The van der Waals surface area contributed by atoms with Gasteiger partial charge in [0.05, 0.1) is 4.90 Å². The van der Waals surface area contributed by atoms with Gasteiger partial charge in [-0.05, 0) is 43.8 Å². The lowest BCUT2D eigenvalue weighted by Gasteiger charge is -2.11. The van der Waals surface area contributed by atoms with Gasteiger partial charge in [0.15, 0.2) is 0 Å². The summed E-state index contributed by atoms with van der Waals surface area (Å²) in [5.41, 5.74) is 1.59. The van der Waals surface area contributed by atoms with Crippen LogP contribution in [0.3, 0.4) is 0 Å². The summed E-state index contributed by atoms with van der Waals surface area (Å²) in [4.78, 5) is 23.9. The number of rotatable bonds is 7. The molecule has 0 aliphatic heterocycles. The smallest absolute Gasteiger partial charge is 0.319 e. The van der Waals surface area contributed by atoms with E-state index in [1.807, 2.05) is 6.07 Å². The van der Waals surface area contributed by atoms with E-state index in [1.165, 1.54) is 13.1 Å². The molecule has 2 aromatic carbocycles. The molecule has 0 saturated heterocycles. The summed E-state index contributed by atoms with van der Waals surface area (Å²) in [6, 6.07) is 13.2. The summed E-state index contributed by atoms with van der Waals surface area (Å²) < 4.78 is 26.2. The second-order valence-corrected chi connectivity index (χ2v) is 7.59. The van der Waals surface area contributed by atoms with Crippen LogP contribution in [0.2, 0.25) is 0 Å². The van der Waals surface area contributed by atoms with Crippen molar-refractivity contribution < 1.29 is 18.0 Å². The van der Waals surface area contributed by atoms with Gasteiger partial charge in [-0.25, -0.2) is 17.9 Å². The topological polar surface area (TPSA) is 116 Å². The standard InChI is InChI=1S/C18H22N4O4S/c1-13-8-9-15(12-16(13)27(25,26)19-2)21-17(23)10-11-20-18(24)22-14-6-4-3-5-7-14/h3-9,12,19H,10-11H2,1-2H3,(H,21,23)(H2,20,22,24). The van der Waals surface area contributed by atoms with Gasteiger partial charge in [-0.15, -0.1) is 0 Å². The molecule has 0 atom stereocenters. The number of anilines is 2. The van der Waals surface area contributed by atoms with Crippen LogP contribution in [-0.2, 0) is 14.8 Å². The van der Waals surface area contributed by atoms with Gasteiger partial charge in [-0.1, -0.05) is 24.3 Å². The zero-order valence-electron chi connectivity index (χ0n) is 15.1. The largest absolute Gasteiger partial charge is 0.337 e. The Labute approximate surface area is 158 Å². The average molecular weight is 390 g/mol. The molecule has 4 N–H and O–H groups in total. The van der Waals surface area contributed by atoms with Crippen LogP contribution in [0.15, 0.2) is 53.4 Å². The molecule has 8 nitrogen and oxygen atoms in total. The van der Waals surface area contributed by atoms with E-state index in [0.29, 0.717) is 16.9 Å². The van der Waals surface area contributed by atoms with Gasteiger partial charge in [0.2, 0.25) is 15.9 Å². The van der Waals surface area contributed by atoms with Gasteiger partial charge in [-0.3, -0.25) is 4.79 Å². The van der Waals surface area contributed by atoms with E-state index in [1.54, 1.807) is 43.3 Å². The second-order valence-electron chi connectivity index (χ2n) is 5.73. The Bertz CT molecular complexity index is 914. The molecule has 0 aromatic heterocycles. The maximum Gasteiger partial charge on any atom is 0.319 e. The zero-order valence-corrected chi connectivity index (χ0v) is 15.9. The van der Waals surface area contributed by atoms with E-state index in [9.17, 15) is 18.0 Å². The summed E-state index contributed by atoms with van der Waals surface area (Å²) >= 11 is 0. The van der Waals surface area contributed by atoms with Crippen molar-refractivity contribution >= 4 is 33.3 Å². The van der Waals surface area contributed by atoms with Gasteiger partial charge in [-0.2, -0.15) is 0 Å². The quantitative estimate of drug-likeness (QED) is 0.579. The molecule has 0 fully saturated rings. The minimum absolute atomic E-state index is 0.0458. The van der Waals surface area contributed by atoms with E-state index < -0.39 is 16.1 Å². The molecule has 0 saturated carbocycles. The zero-order chi connectivity index (χ0) is 19.9. The SMILES string of the molecule is CNS(=O)(=O)c1cc(NC(=O)CCNC(=O)Nc2ccccc2)ccc1C. The Morgan fingerprint density at radius 3 is 2.33 bits per heavy atom. The first-order valence-electron chi connectivity index (χ1n) is 8.26. The van der Waals surface area contributed by atoms with E-state index >= 15 is 0 Å². The molecule has 0 spiro atoms. The summed E-state index contributed by atoms with van der Waals surface area (Å²) in [7, 11) is -2.29. The summed E-state index contributed by atoms with van der Waals surface area (Å²) in [5.74, 6) is -0.341. The normalized spacial score (nSPS) is 10.9.